The molecule has 1 aromatic rings. The first-order chi connectivity index (χ1) is 8.63. The second-order valence-corrected chi connectivity index (χ2v) is 4.66. The van der Waals surface area contributed by atoms with Gasteiger partial charge in [-0.25, -0.2) is 0 Å². The van der Waals surface area contributed by atoms with Gasteiger partial charge in [0.05, 0.1) is 5.02 Å². The molecule has 1 amide bonds. The molecule has 0 aromatic heterocycles. The van der Waals surface area contributed by atoms with Crippen molar-refractivity contribution in [2.45, 2.75) is 18.9 Å². The van der Waals surface area contributed by atoms with Crippen LogP contribution in [0.5, 0.6) is 5.75 Å². The number of carbonyl (C=O) groups is 1. The normalized spacial score (nSPS) is 13.8. The fraction of sp³-hybridized carbons (Fsp3) is 0.385. The van der Waals surface area contributed by atoms with Crippen molar-refractivity contribution < 1.29 is 9.53 Å². The van der Waals surface area contributed by atoms with Gasteiger partial charge in [0.1, 0.15) is 17.4 Å². The maximum Gasteiger partial charge on any atom is 0.260 e. The Labute approximate surface area is 111 Å². The quantitative estimate of drug-likeness (QED) is 0.838. The molecular weight excluding hydrogens is 252 g/mol. The van der Waals surface area contributed by atoms with Gasteiger partial charge in [0.2, 0.25) is 0 Å². The summed E-state index contributed by atoms with van der Waals surface area (Å²) < 4.78 is 5.37. The van der Waals surface area contributed by atoms with E-state index in [0.29, 0.717) is 16.8 Å². The number of hydrogen-bond donors (Lipinski definition) is 0. The zero-order chi connectivity index (χ0) is 13.1. The van der Waals surface area contributed by atoms with Crippen LogP contribution < -0.4 is 4.74 Å². The second-order valence-electron chi connectivity index (χ2n) is 4.25. The van der Waals surface area contributed by atoms with Crippen molar-refractivity contribution in [2.24, 2.45) is 0 Å². The minimum atomic E-state index is -0.0821. The van der Waals surface area contributed by atoms with Gasteiger partial charge in [0, 0.05) is 13.1 Å². The lowest BCUT2D eigenvalue weighted by Gasteiger charge is -2.16. The molecule has 4 nitrogen and oxygen atoms in total. The van der Waals surface area contributed by atoms with Gasteiger partial charge in [0.25, 0.3) is 5.91 Å². The predicted molar refractivity (Wildman–Crippen MR) is 67.5 cm³/mol. The molecule has 18 heavy (non-hydrogen) atoms. The zero-order valence-corrected chi connectivity index (χ0v) is 10.8. The molecule has 1 fully saturated rings. The summed E-state index contributed by atoms with van der Waals surface area (Å²) in [5, 5.41) is 9.29. The molecule has 0 N–H and O–H groups in total. The molecule has 0 heterocycles. The summed E-state index contributed by atoms with van der Waals surface area (Å²) in [7, 11) is 1.77. The first-order valence-electron chi connectivity index (χ1n) is 5.70. The van der Waals surface area contributed by atoms with Crippen molar-refractivity contribution in [2.75, 3.05) is 13.7 Å². The minimum absolute atomic E-state index is 0.0674. The van der Waals surface area contributed by atoms with Gasteiger partial charge in [-0.05, 0) is 25.0 Å². The molecule has 0 spiro atoms. The van der Waals surface area contributed by atoms with E-state index in [1.54, 1.807) is 30.1 Å². The van der Waals surface area contributed by atoms with Crippen LogP contribution >= 0.6 is 11.6 Å². The third-order valence-electron chi connectivity index (χ3n) is 2.93. The van der Waals surface area contributed by atoms with E-state index in [2.05, 4.69) is 0 Å². The van der Waals surface area contributed by atoms with Gasteiger partial charge in [-0.3, -0.25) is 4.79 Å². The number of halogens is 1. The monoisotopic (exact) mass is 264 g/mol. The molecule has 1 aromatic carbocycles. The number of ether oxygens (including phenoxy) is 1. The van der Waals surface area contributed by atoms with Crippen LogP contribution in [0, 0.1) is 11.3 Å². The molecule has 0 aliphatic heterocycles. The lowest BCUT2D eigenvalue weighted by atomic mass is 10.2. The van der Waals surface area contributed by atoms with Crippen molar-refractivity contribution in [1.82, 2.24) is 4.90 Å². The molecule has 0 radical (unpaired) electrons. The highest BCUT2D eigenvalue weighted by molar-refractivity contribution is 6.31. The van der Waals surface area contributed by atoms with Gasteiger partial charge >= 0.3 is 0 Å². The Morgan fingerprint density at radius 3 is 2.94 bits per heavy atom. The Morgan fingerprint density at radius 2 is 2.33 bits per heavy atom. The topological polar surface area (TPSA) is 53.3 Å². The Bertz CT molecular complexity index is 506. The molecule has 1 aliphatic rings. The molecule has 94 valence electrons. The summed E-state index contributed by atoms with van der Waals surface area (Å²) in [4.78, 5) is 13.5. The van der Waals surface area contributed by atoms with Crippen LogP contribution in [0.2, 0.25) is 5.02 Å². The third kappa shape index (κ3) is 2.74. The van der Waals surface area contributed by atoms with Gasteiger partial charge in [0.15, 0.2) is 6.61 Å². The molecule has 0 bridgehead atoms. The number of likely N-dealkylation sites (N-methyl/N-ethyl adjacent to an activating group) is 1. The molecule has 1 aliphatic carbocycles. The van der Waals surface area contributed by atoms with Crippen LogP contribution in [-0.2, 0) is 4.79 Å². The summed E-state index contributed by atoms with van der Waals surface area (Å²) in [6.45, 7) is -0.0674. The summed E-state index contributed by atoms with van der Waals surface area (Å²) in [6, 6.07) is 7.27. The SMILES string of the molecule is CN(C(=O)COc1cccc(Cl)c1C#N)C1CC1. The van der Waals surface area contributed by atoms with E-state index in [1.807, 2.05) is 6.07 Å². The summed E-state index contributed by atoms with van der Waals surface area (Å²) in [6.07, 6.45) is 2.12. The van der Waals surface area contributed by atoms with E-state index in [1.165, 1.54) is 0 Å². The first kappa shape index (κ1) is 12.7. The number of amides is 1. The van der Waals surface area contributed by atoms with Crippen LogP contribution in [0.3, 0.4) is 0 Å². The van der Waals surface area contributed by atoms with Crippen LogP contribution in [0.25, 0.3) is 0 Å². The molecule has 0 saturated heterocycles. The van der Waals surface area contributed by atoms with E-state index >= 15 is 0 Å². The van der Waals surface area contributed by atoms with Gasteiger partial charge in [-0.2, -0.15) is 5.26 Å². The van der Waals surface area contributed by atoms with Crippen molar-refractivity contribution in [1.29, 1.82) is 5.26 Å². The van der Waals surface area contributed by atoms with E-state index < -0.39 is 0 Å². The Balaban J connectivity index is 2.00. The molecule has 5 heteroatoms. The molecule has 0 unspecified atom stereocenters. The number of nitrogens with zero attached hydrogens (tertiary/aromatic N) is 2. The molecule has 2 rings (SSSR count). The number of carbonyl (C=O) groups excluding carboxylic acids is 1. The Morgan fingerprint density at radius 1 is 1.61 bits per heavy atom. The number of nitriles is 1. The smallest absolute Gasteiger partial charge is 0.260 e. The largest absolute Gasteiger partial charge is 0.482 e. The van der Waals surface area contributed by atoms with Gasteiger partial charge in [-0.1, -0.05) is 17.7 Å². The van der Waals surface area contributed by atoms with Crippen LogP contribution in [0.1, 0.15) is 18.4 Å². The fourth-order valence-corrected chi connectivity index (χ4v) is 1.85. The lowest BCUT2D eigenvalue weighted by Crippen LogP contribution is -2.33. The predicted octanol–water partition coefficient (Wildman–Crippen LogP) is 2.21. The summed E-state index contributed by atoms with van der Waals surface area (Å²) in [5.41, 5.74) is 0.265. The Hall–Kier alpha value is -1.73. The van der Waals surface area contributed by atoms with Gasteiger partial charge < -0.3 is 9.64 Å². The zero-order valence-electron chi connectivity index (χ0n) is 10.0. The first-order valence-corrected chi connectivity index (χ1v) is 6.08. The molecule has 0 atom stereocenters. The van der Waals surface area contributed by atoms with E-state index in [4.69, 9.17) is 21.6 Å². The summed E-state index contributed by atoms with van der Waals surface area (Å²) in [5.74, 6) is 0.268. The lowest BCUT2D eigenvalue weighted by molar-refractivity contribution is -0.132. The van der Waals surface area contributed by atoms with Crippen molar-refractivity contribution >= 4 is 17.5 Å². The van der Waals surface area contributed by atoms with Crippen molar-refractivity contribution in [3.8, 4) is 11.8 Å². The standard InChI is InChI=1S/C13H13ClN2O2/c1-16(9-5-6-9)13(17)8-18-12-4-2-3-11(14)10(12)7-15/h2-4,9H,5-6,8H2,1H3. The summed E-state index contributed by atoms with van der Waals surface area (Å²) >= 11 is 5.87. The highest BCUT2D eigenvalue weighted by Crippen LogP contribution is 2.27. The average Bonchev–Trinajstić information content (AvgIpc) is 3.19. The third-order valence-corrected chi connectivity index (χ3v) is 3.24. The number of rotatable bonds is 4. The van der Waals surface area contributed by atoms with Crippen LogP contribution in [0.15, 0.2) is 18.2 Å². The highest BCUT2D eigenvalue weighted by Gasteiger charge is 2.29. The number of benzene rings is 1. The highest BCUT2D eigenvalue weighted by atomic mass is 35.5. The molecular formula is C13H13ClN2O2. The van der Waals surface area contributed by atoms with E-state index in [9.17, 15) is 4.79 Å². The van der Waals surface area contributed by atoms with Gasteiger partial charge in [-0.15, -0.1) is 0 Å². The minimum Gasteiger partial charge on any atom is -0.482 e. The average molecular weight is 265 g/mol. The van der Waals surface area contributed by atoms with Crippen LogP contribution in [0.4, 0.5) is 0 Å². The van der Waals surface area contributed by atoms with Crippen molar-refractivity contribution in [3.63, 3.8) is 0 Å². The Kier molecular flexibility index (Phi) is 3.73. The van der Waals surface area contributed by atoms with Crippen molar-refractivity contribution in [3.05, 3.63) is 28.8 Å². The maximum absolute atomic E-state index is 11.8. The van der Waals surface area contributed by atoms with E-state index in [-0.39, 0.29) is 18.1 Å². The fourth-order valence-electron chi connectivity index (χ4n) is 1.64. The van der Waals surface area contributed by atoms with E-state index in [0.717, 1.165) is 12.8 Å². The maximum atomic E-state index is 11.8. The number of hydrogen-bond acceptors (Lipinski definition) is 3. The van der Waals surface area contributed by atoms with Crippen LogP contribution in [-0.4, -0.2) is 30.5 Å². The molecule has 1 saturated carbocycles. The second kappa shape index (κ2) is 5.28.